The standard InChI is InChI=1S/C15H25F3N4/c1-14(2,3)20-8-9-22-10-12(15(16,17)18)21-13(22)11-4-6-19-7-5-11/h10-11,19-20H,4-9H2,1-3H3. The van der Waals surface area contributed by atoms with Gasteiger partial charge in [-0.3, -0.25) is 0 Å². The summed E-state index contributed by atoms with van der Waals surface area (Å²) in [7, 11) is 0. The van der Waals surface area contributed by atoms with Crippen LogP contribution in [-0.2, 0) is 12.7 Å². The summed E-state index contributed by atoms with van der Waals surface area (Å²) in [5.74, 6) is 0.677. The fourth-order valence-electron chi connectivity index (χ4n) is 2.70. The van der Waals surface area contributed by atoms with E-state index in [0.29, 0.717) is 18.9 Å². The molecule has 0 radical (unpaired) electrons. The van der Waals surface area contributed by atoms with Crippen molar-refractivity contribution in [2.75, 3.05) is 19.6 Å². The molecule has 7 heteroatoms. The van der Waals surface area contributed by atoms with Crippen LogP contribution in [0.15, 0.2) is 6.20 Å². The van der Waals surface area contributed by atoms with E-state index in [0.717, 1.165) is 32.1 Å². The summed E-state index contributed by atoms with van der Waals surface area (Å²) in [5.41, 5.74) is -0.834. The number of piperidine rings is 1. The summed E-state index contributed by atoms with van der Waals surface area (Å²) in [6.07, 6.45) is -1.56. The first-order valence-electron chi connectivity index (χ1n) is 7.77. The van der Waals surface area contributed by atoms with Gasteiger partial charge in [0.2, 0.25) is 0 Å². The van der Waals surface area contributed by atoms with Crippen molar-refractivity contribution < 1.29 is 13.2 Å². The first-order chi connectivity index (χ1) is 10.2. The maximum Gasteiger partial charge on any atom is 0.434 e. The highest BCUT2D eigenvalue weighted by Crippen LogP contribution is 2.32. The van der Waals surface area contributed by atoms with E-state index in [1.54, 1.807) is 4.57 Å². The average molecular weight is 318 g/mol. The Bertz CT molecular complexity index is 482. The molecule has 1 saturated heterocycles. The fraction of sp³-hybridized carbons (Fsp3) is 0.800. The minimum Gasteiger partial charge on any atom is -0.333 e. The Labute approximate surface area is 129 Å². The zero-order chi connectivity index (χ0) is 16.4. The van der Waals surface area contributed by atoms with Gasteiger partial charge in [-0.2, -0.15) is 13.2 Å². The Morgan fingerprint density at radius 2 is 1.91 bits per heavy atom. The van der Waals surface area contributed by atoms with Crippen molar-refractivity contribution in [3.05, 3.63) is 17.7 Å². The van der Waals surface area contributed by atoms with Gasteiger partial charge >= 0.3 is 6.18 Å². The van der Waals surface area contributed by atoms with Crippen molar-refractivity contribution in [2.24, 2.45) is 0 Å². The largest absolute Gasteiger partial charge is 0.434 e. The molecular formula is C15H25F3N4. The second-order valence-corrected chi connectivity index (χ2v) is 6.88. The summed E-state index contributed by atoms with van der Waals surface area (Å²) in [6, 6.07) is 0. The third-order valence-electron chi connectivity index (χ3n) is 3.81. The van der Waals surface area contributed by atoms with Crippen LogP contribution in [0.4, 0.5) is 13.2 Å². The van der Waals surface area contributed by atoms with Crippen molar-refractivity contribution in [1.29, 1.82) is 0 Å². The Balaban J connectivity index is 2.16. The number of nitrogens with one attached hydrogen (secondary N) is 2. The lowest BCUT2D eigenvalue weighted by Crippen LogP contribution is -2.38. The van der Waals surface area contributed by atoms with Crippen molar-refractivity contribution >= 4 is 0 Å². The Morgan fingerprint density at radius 1 is 1.27 bits per heavy atom. The molecule has 0 unspecified atom stereocenters. The lowest BCUT2D eigenvalue weighted by atomic mass is 9.97. The van der Waals surface area contributed by atoms with Crippen LogP contribution in [0, 0.1) is 0 Å². The molecule has 1 aromatic rings. The van der Waals surface area contributed by atoms with Gasteiger partial charge in [-0.05, 0) is 46.7 Å². The molecule has 0 bridgehead atoms. The average Bonchev–Trinajstić information content (AvgIpc) is 2.82. The van der Waals surface area contributed by atoms with Gasteiger partial charge in [0.05, 0.1) is 0 Å². The molecule has 1 aliphatic heterocycles. The molecule has 0 saturated carbocycles. The maximum absolute atomic E-state index is 13.0. The number of alkyl halides is 3. The normalized spacial score (nSPS) is 17.9. The number of hydrogen-bond acceptors (Lipinski definition) is 3. The first kappa shape index (κ1) is 17.3. The van der Waals surface area contributed by atoms with E-state index in [2.05, 4.69) is 15.6 Å². The SMILES string of the molecule is CC(C)(C)NCCn1cc(C(F)(F)F)nc1C1CCNCC1. The molecule has 4 nitrogen and oxygen atoms in total. The molecule has 0 aliphatic carbocycles. The predicted molar refractivity (Wildman–Crippen MR) is 79.8 cm³/mol. The number of rotatable bonds is 4. The summed E-state index contributed by atoms with van der Waals surface area (Å²) in [4.78, 5) is 3.90. The molecule has 1 aliphatic rings. The topological polar surface area (TPSA) is 41.9 Å². The molecule has 0 spiro atoms. The number of nitrogens with zero attached hydrogens (tertiary/aromatic N) is 2. The molecular weight excluding hydrogens is 293 g/mol. The van der Waals surface area contributed by atoms with Gasteiger partial charge in [0.15, 0.2) is 5.69 Å². The molecule has 1 fully saturated rings. The van der Waals surface area contributed by atoms with Crippen molar-refractivity contribution in [2.45, 2.75) is 57.8 Å². The highest BCUT2D eigenvalue weighted by molar-refractivity contribution is 5.12. The second kappa shape index (κ2) is 6.58. The lowest BCUT2D eigenvalue weighted by Gasteiger charge is -2.24. The van der Waals surface area contributed by atoms with Crippen LogP contribution in [0.2, 0.25) is 0 Å². The monoisotopic (exact) mass is 318 g/mol. The number of halogens is 3. The Hall–Kier alpha value is -1.08. The van der Waals surface area contributed by atoms with E-state index in [1.807, 2.05) is 20.8 Å². The molecule has 126 valence electrons. The second-order valence-electron chi connectivity index (χ2n) is 6.88. The first-order valence-corrected chi connectivity index (χ1v) is 7.77. The van der Waals surface area contributed by atoms with Crippen LogP contribution in [0.3, 0.4) is 0 Å². The van der Waals surface area contributed by atoms with Crippen LogP contribution in [0.5, 0.6) is 0 Å². The van der Waals surface area contributed by atoms with Crippen LogP contribution < -0.4 is 10.6 Å². The van der Waals surface area contributed by atoms with Gasteiger partial charge in [-0.25, -0.2) is 4.98 Å². The summed E-state index contributed by atoms with van der Waals surface area (Å²) < 4.78 is 40.5. The molecule has 1 aromatic heterocycles. The number of aromatic nitrogens is 2. The zero-order valence-corrected chi connectivity index (χ0v) is 13.4. The number of imidazole rings is 1. The molecule has 22 heavy (non-hydrogen) atoms. The molecule has 2 heterocycles. The predicted octanol–water partition coefficient (Wildman–Crippen LogP) is 2.76. The highest BCUT2D eigenvalue weighted by atomic mass is 19.4. The van der Waals surface area contributed by atoms with E-state index in [4.69, 9.17) is 0 Å². The fourth-order valence-corrected chi connectivity index (χ4v) is 2.70. The van der Waals surface area contributed by atoms with E-state index in [9.17, 15) is 13.2 Å². The zero-order valence-electron chi connectivity index (χ0n) is 13.4. The number of hydrogen-bond donors (Lipinski definition) is 2. The smallest absolute Gasteiger partial charge is 0.333 e. The molecule has 0 amide bonds. The third-order valence-corrected chi connectivity index (χ3v) is 3.81. The van der Waals surface area contributed by atoms with E-state index >= 15 is 0 Å². The minimum atomic E-state index is -4.38. The van der Waals surface area contributed by atoms with Crippen LogP contribution in [-0.4, -0.2) is 34.7 Å². The van der Waals surface area contributed by atoms with Gasteiger partial charge in [0.25, 0.3) is 0 Å². The van der Waals surface area contributed by atoms with Crippen molar-refractivity contribution in [3.63, 3.8) is 0 Å². The van der Waals surface area contributed by atoms with Gasteiger partial charge < -0.3 is 15.2 Å². The van der Waals surface area contributed by atoms with Crippen molar-refractivity contribution in [1.82, 2.24) is 20.2 Å². The van der Waals surface area contributed by atoms with Crippen LogP contribution in [0.25, 0.3) is 0 Å². The quantitative estimate of drug-likeness (QED) is 0.897. The molecule has 2 N–H and O–H groups in total. The molecule has 2 rings (SSSR count). The Morgan fingerprint density at radius 3 is 2.45 bits per heavy atom. The van der Waals surface area contributed by atoms with Crippen LogP contribution in [0.1, 0.15) is 51.0 Å². The summed E-state index contributed by atoms with van der Waals surface area (Å²) in [5, 5.41) is 6.54. The lowest BCUT2D eigenvalue weighted by molar-refractivity contribution is -0.141. The Kier molecular flexibility index (Phi) is 5.17. The molecule has 0 aromatic carbocycles. The van der Waals surface area contributed by atoms with Crippen molar-refractivity contribution in [3.8, 4) is 0 Å². The summed E-state index contributed by atoms with van der Waals surface area (Å²) in [6.45, 7) is 8.90. The summed E-state index contributed by atoms with van der Waals surface area (Å²) >= 11 is 0. The van der Waals surface area contributed by atoms with Gasteiger partial charge in [0.1, 0.15) is 5.82 Å². The van der Waals surface area contributed by atoms with Crippen LogP contribution >= 0.6 is 0 Å². The highest BCUT2D eigenvalue weighted by Gasteiger charge is 2.36. The minimum absolute atomic E-state index is 0.0532. The third kappa shape index (κ3) is 4.71. The van der Waals surface area contributed by atoms with Gasteiger partial charge in [-0.15, -0.1) is 0 Å². The van der Waals surface area contributed by atoms with E-state index in [-0.39, 0.29) is 11.5 Å². The van der Waals surface area contributed by atoms with E-state index in [1.165, 1.54) is 0 Å². The maximum atomic E-state index is 13.0. The van der Waals surface area contributed by atoms with E-state index < -0.39 is 11.9 Å². The van der Waals surface area contributed by atoms with Gasteiger partial charge in [0, 0.05) is 30.7 Å². The molecule has 0 atom stereocenters. The van der Waals surface area contributed by atoms with Gasteiger partial charge in [-0.1, -0.05) is 0 Å².